The summed E-state index contributed by atoms with van der Waals surface area (Å²) in [4.78, 5) is 28.4. The molecule has 136 valence electrons. The summed E-state index contributed by atoms with van der Waals surface area (Å²) in [5.74, 6) is 1.12. The molecule has 0 unspecified atom stereocenters. The minimum atomic E-state index is -0.0662. The maximum atomic E-state index is 12.9. The average Bonchev–Trinajstić information content (AvgIpc) is 3.01. The molecule has 2 aliphatic rings. The first-order chi connectivity index (χ1) is 12.6. The lowest BCUT2D eigenvalue weighted by molar-refractivity contribution is -0.917. The number of carbonyl (C=O) groups excluding carboxylic acids is 2. The Morgan fingerprint density at radius 3 is 2.58 bits per heavy atom. The second-order valence-corrected chi connectivity index (χ2v) is 7.34. The van der Waals surface area contributed by atoms with Crippen LogP contribution in [0.2, 0.25) is 0 Å². The minimum Gasteiger partial charge on any atom is -0.455 e. The number of aryl methyl sites for hydroxylation is 1. The Kier molecular flexibility index (Phi) is 4.64. The third-order valence-electron chi connectivity index (χ3n) is 5.56. The predicted molar refractivity (Wildman–Crippen MR) is 97.5 cm³/mol. The van der Waals surface area contributed by atoms with E-state index in [1.807, 2.05) is 17.9 Å². The fourth-order valence-corrected chi connectivity index (χ4v) is 4.08. The van der Waals surface area contributed by atoms with Crippen molar-refractivity contribution in [2.45, 2.75) is 32.7 Å². The number of furan rings is 1. The van der Waals surface area contributed by atoms with Gasteiger partial charge in [0.2, 0.25) is 0 Å². The molecule has 2 heterocycles. The number of nitrogens with zero attached hydrogens (tertiary/aromatic N) is 1. The van der Waals surface area contributed by atoms with E-state index in [1.165, 1.54) is 10.5 Å². The van der Waals surface area contributed by atoms with E-state index in [0.29, 0.717) is 23.5 Å². The molecule has 1 N–H and O–H groups in total. The van der Waals surface area contributed by atoms with Crippen LogP contribution in [0.3, 0.4) is 0 Å². The summed E-state index contributed by atoms with van der Waals surface area (Å²) in [6, 6.07) is 10.5. The SMILES string of the molecule is Cc1c(C(=O)N2CC[NH+](Cc3ccccc3)CC2)oc2c1C(=O)CCC2. The summed E-state index contributed by atoms with van der Waals surface area (Å²) in [6.07, 6.45) is 2.13. The Labute approximate surface area is 153 Å². The van der Waals surface area contributed by atoms with Crippen molar-refractivity contribution >= 4 is 11.7 Å². The maximum absolute atomic E-state index is 12.9. The molecule has 1 aliphatic heterocycles. The Hall–Kier alpha value is -2.40. The summed E-state index contributed by atoms with van der Waals surface area (Å²) in [6.45, 7) is 6.14. The summed E-state index contributed by atoms with van der Waals surface area (Å²) >= 11 is 0. The molecule has 26 heavy (non-hydrogen) atoms. The van der Waals surface area contributed by atoms with Crippen LogP contribution in [-0.4, -0.2) is 42.8 Å². The van der Waals surface area contributed by atoms with Crippen molar-refractivity contribution in [3.8, 4) is 0 Å². The first kappa shape index (κ1) is 17.0. The summed E-state index contributed by atoms with van der Waals surface area (Å²) in [7, 11) is 0. The van der Waals surface area contributed by atoms with E-state index in [2.05, 4.69) is 24.3 Å². The third kappa shape index (κ3) is 3.19. The number of amides is 1. The molecular weight excluding hydrogens is 328 g/mol. The van der Waals surface area contributed by atoms with Crippen LogP contribution in [0.1, 0.15) is 50.6 Å². The van der Waals surface area contributed by atoms with Crippen molar-refractivity contribution < 1.29 is 18.9 Å². The second kappa shape index (κ2) is 7.08. The molecule has 0 saturated carbocycles. The summed E-state index contributed by atoms with van der Waals surface area (Å²) < 4.78 is 5.83. The number of hydrogen-bond donors (Lipinski definition) is 1. The first-order valence-electron chi connectivity index (χ1n) is 9.45. The van der Waals surface area contributed by atoms with E-state index in [0.717, 1.165) is 51.1 Å². The van der Waals surface area contributed by atoms with Crippen molar-refractivity contribution in [2.75, 3.05) is 26.2 Å². The van der Waals surface area contributed by atoms with Gasteiger partial charge in [-0.1, -0.05) is 30.3 Å². The Morgan fingerprint density at radius 2 is 1.88 bits per heavy atom. The van der Waals surface area contributed by atoms with Crippen molar-refractivity contribution in [1.82, 2.24) is 4.90 Å². The molecule has 0 spiro atoms. The van der Waals surface area contributed by atoms with E-state index in [4.69, 9.17) is 4.42 Å². The molecule has 1 fully saturated rings. The van der Waals surface area contributed by atoms with Crippen LogP contribution in [0.4, 0.5) is 0 Å². The number of nitrogens with one attached hydrogen (secondary N) is 1. The number of benzene rings is 1. The predicted octanol–water partition coefficient (Wildman–Crippen LogP) is 1.65. The molecule has 5 nitrogen and oxygen atoms in total. The van der Waals surface area contributed by atoms with Crippen LogP contribution < -0.4 is 4.90 Å². The Balaban J connectivity index is 1.42. The zero-order valence-corrected chi connectivity index (χ0v) is 15.2. The van der Waals surface area contributed by atoms with E-state index < -0.39 is 0 Å². The topological polar surface area (TPSA) is 55.0 Å². The highest BCUT2D eigenvalue weighted by atomic mass is 16.4. The summed E-state index contributed by atoms with van der Waals surface area (Å²) in [5.41, 5.74) is 2.72. The minimum absolute atomic E-state index is 0.0662. The number of carbonyl (C=O) groups is 2. The van der Waals surface area contributed by atoms with Gasteiger partial charge in [0.1, 0.15) is 12.3 Å². The smallest absolute Gasteiger partial charge is 0.290 e. The Morgan fingerprint density at radius 1 is 1.15 bits per heavy atom. The first-order valence-corrected chi connectivity index (χ1v) is 9.45. The van der Waals surface area contributed by atoms with Crippen molar-refractivity contribution in [2.24, 2.45) is 0 Å². The van der Waals surface area contributed by atoms with Gasteiger partial charge in [-0.2, -0.15) is 0 Å². The molecule has 0 atom stereocenters. The van der Waals surface area contributed by atoms with Crippen LogP contribution >= 0.6 is 0 Å². The summed E-state index contributed by atoms with van der Waals surface area (Å²) in [5, 5.41) is 0. The third-order valence-corrected chi connectivity index (χ3v) is 5.56. The van der Waals surface area contributed by atoms with Crippen LogP contribution in [-0.2, 0) is 13.0 Å². The lowest BCUT2D eigenvalue weighted by Gasteiger charge is -2.32. The molecule has 2 aromatic rings. The quantitative estimate of drug-likeness (QED) is 0.913. The number of quaternary nitrogens is 1. The van der Waals surface area contributed by atoms with E-state index in [1.54, 1.807) is 0 Å². The van der Waals surface area contributed by atoms with Gasteiger partial charge >= 0.3 is 0 Å². The molecule has 1 aromatic carbocycles. The van der Waals surface area contributed by atoms with Crippen molar-refractivity contribution in [3.63, 3.8) is 0 Å². The van der Waals surface area contributed by atoms with Gasteiger partial charge in [-0.15, -0.1) is 0 Å². The van der Waals surface area contributed by atoms with Crippen molar-refractivity contribution in [1.29, 1.82) is 0 Å². The highest BCUT2D eigenvalue weighted by molar-refractivity contribution is 6.03. The normalized spacial score (nSPS) is 18.0. The fourth-order valence-electron chi connectivity index (χ4n) is 4.08. The van der Waals surface area contributed by atoms with Crippen LogP contribution in [0, 0.1) is 6.92 Å². The molecule has 0 radical (unpaired) electrons. The zero-order valence-electron chi connectivity index (χ0n) is 15.2. The van der Waals surface area contributed by atoms with Gasteiger partial charge in [0.15, 0.2) is 11.5 Å². The lowest BCUT2D eigenvalue weighted by atomic mass is 9.94. The van der Waals surface area contributed by atoms with Gasteiger partial charge in [0, 0.05) is 24.0 Å². The largest absolute Gasteiger partial charge is 0.455 e. The number of hydrogen-bond acceptors (Lipinski definition) is 3. The van der Waals surface area contributed by atoms with Gasteiger partial charge in [0.25, 0.3) is 5.91 Å². The molecule has 4 rings (SSSR count). The number of ketones is 1. The maximum Gasteiger partial charge on any atom is 0.290 e. The Bertz CT molecular complexity index is 817. The van der Waals surface area contributed by atoms with Gasteiger partial charge in [0.05, 0.1) is 31.7 Å². The van der Waals surface area contributed by atoms with E-state index >= 15 is 0 Å². The monoisotopic (exact) mass is 353 g/mol. The van der Waals surface area contributed by atoms with Gasteiger partial charge in [-0.05, 0) is 13.3 Å². The lowest BCUT2D eigenvalue weighted by Crippen LogP contribution is -3.13. The molecule has 1 amide bonds. The highest BCUT2D eigenvalue weighted by Crippen LogP contribution is 2.30. The molecule has 1 saturated heterocycles. The molecule has 1 aromatic heterocycles. The van der Waals surface area contributed by atoms with Crippen LogP contribution in [0.5, 0.6) is 0 Å². The number of piperazine rings is 1. The van der Waals surface area contributed by atoms with E-state index in [9.17, 15) is 9.59 Å². The number of fused-ring (bicyclic) bond motifs is 1. The van der Waals surface area contributed by atoms with Gasteiger partial charge in [-0.25, -0.2) is 0 Å². The van der Waals surface area contributed by atoms with Crippen LogP contribution in [0.25, 0.3) is 0 Å². The second-order valence-electron chi connectivity index (χ2n) is 7.34. The molecule has 0 bridgehead atoms. The van der Waals surface area contributed by atoms with E-state index in [-0.39, 0.29) is 11.7 Å². The molecular formula is C21H25N2O3+. The van der Waals surface area contributed by atoms with Crippen molar-refractivity contribution in [3.05, 3.63) is 58.5 Å². The number of Topliss-reactive ketones (excluding diaryl/α,β-unsaturated/α-hetero) is 1. The van der Waals surface area contributed by atoms with Gasteiger partial charge < -0.3 is 14.2 Å². The molecule has 1 aliphatic carbocycles. The van der Waals surface area contributed by atoms with Crippen LogP contribution in [0.15, 0.2) is 34.7 Å². The highest BCUT2D eigenvalue weighted by Gasteiger charge is 2.32. The van der Waals surface area contributed by atoms with Gasteiger partial charge in [-0.3, -0.25) is 9.59 Å². The average molecular weight is 353 g/mol. The fraction of sp³-hybridized carbons (Fsp3) is 0.429. The zero-order chi connectivity index (χ0) is 18.1. The number of rotatable bonds is 3. The standard InChI is InChI=1S/C21H24N2O3/c1-15-19-17(24)8-5-9-18(19)26-20(15)21(25)23-12-10-22(11-13-23)14-16-6-3-2-4-7-16/h2-4,6-7H,5,8-14H2,1H3/p+1. The molecule has 5 heteroatoms.